The predicted molar refractivity (Wildman–Crippen MR) is 89.2 cm³/mol. The molecule has 0 aliphatic heterocycles. The summed E-state index contributed by atoms with van der Waals surface area (Å²) in [5.74, 6) is 2.14. The van der Waals surface area contributed by atoms with E-state index in [1.807, 2.05) is 12.3 Å². The molecule has 1 aliphatic carbocycles. The minimum atomic E-state index is -0.140. The summed E-state index contributed by atoms with van der Waals surface area (Å²) in [7, 11) is 0. The van der Waals surface area contributed by atoms with E-state index in [0.717, 1.165) is 40.8 Å². The predicted octanol–water partition coefficient (Wildman–Crippen LogP) is 2.91. The van der Waals surface area contributed by atoms with Crippen LogP contribution in [0.5, 0.6) is 0 Å². The molecule has 3 rings (SSSR count). The summed E-state index contributed by atoms with van der Waals surface area (Å²) >= 11 is 3.37. The van der Waals surface area contributed by atoms with Crippen LogP contribution in [0, 0.1) is 6.92 Å². The van der Waals surface area contributed by atoms with Crippen LogP contribution in [0.2, 0.25) is 0 Å². The second-order valence-electron chi connectivity index (χ2n) is 5.35. The highest BCUT2D eigenvalue weighted by molar-refractivity contribution is 7.97. The van der Waals surface area contributed by atoms with Gasteiger partial charge in [0, 0.05) is 23.2 Å². The first-order valence-electron chi connectivity index (χ1n) is 7.21. The zero-order chi connectivity index (χ0) is 15.5. The average Bonchev–Trinajstić information content (AvgIpc) is 3.26. The fourth-order valence-electron chi connectivity index (χ4n) is 2.13. The monoisotopic (exact) mass is 334 g/mol. The second-order valence-corrected chi connectivity index (χ2v) is 7.16. The molecule has 7 heteroatoms. The molecule has 1 fully saturated rings. The fourth-order valence-corrected chi connectivity index (χ4v) is 3.65. The first kappa shape index (κ1) is 15.4. The lowest BCUT2D eigenvalue weighted by Gasteiger charge is -2.07. The van der Waals surface area contributed by atoms with Gasteiger partial charge in [-0.1, -0.05) is 0 Å². The number of nitrogens with zero attached hydrogens (tertiary/aromatic N) is 3. The van der Waals surface area contributed by atoms with E-state index in [-0.39, 0.29) is 5.91 Å². The summed E-state index contributed by atoms with van der Waals surface area (Å²) < 4.78 is 0. The summed E-state index contributed by atoms with van der Waals surface area (Å²) in [6.45, 7) is 2.30. The van der Waals surface area contributed by atoms with Gasteiger partial charge in [0.25, 0.3) is 5.91 Å². The molecule has 1 N–H and O–H groups in total. The maximum Gasteiger partial charge on any atom is 0.255 e. The van der Waals surface area contributed by atoms with Crippen molar-refractivity contribution < 1.29 is 4.79 Å². The molecule has 5 nitrogen and oxygen atoms in total. The molecule has 22 heavy (non-hydrogen) atoms. The molecule has 2 aromatic rings. The molecule has 0 bridgehead atoms. The van der Waals surface area contributed by atoms with Gasteiger partial charge in [0.15, 0.2) is 0 Å². The van der Waals surface area contributed by atoms with Crippen LogP contribution in [0.3, 0.4) is 0 Å². The number of aryl methyl sites for hydroxylation is 1. The van der Waals surface area contributed by atoms with E-state index in [1.54, 1.807) is 29.3 Å². The molecule has 0 saturated heterocycles. The average molecular weight is 334 g/mol. The summed E-state index contributed by atoms with van der Waals surface area (Å²) in [6.07, 6.45) is 6.02. The third-order valence-corrected chi connectivity index (χ3v) is 5.12. The molecular weight excluding hydrogens is 316 g/mol. The zero-order valence-corrected chi connectivity index (χ0v) is 14.3. The van der Waals surface area contributed by atoms with Gasteiger partial charge in [0.05, 0.1) is 23.5 Å². The highest BCUT2D eigenvalue weighted by atomic mass is 32.2. The van der Waals surface area contributed by atoms with Crippen molar-refractivity contribution in [3.63, 3.8) is 0 Å². The number of amides is 1. The van der Waals surface area contributed by atoms with Crippen LogP contribution in [-0.2, 0) is 12.3 Å². The molecule has 1 saturated carbocycles. The lowest BCUT2D eigenvalue weighted by Crippen LogP contribution is -2.24. The Hall–Kier alpha value is -1.47. The summed E-state index contributed by atoms with van der Waals surface area (Å²) in [6, 6.07) is 0. The standard InChI is InChI=1S/C15H18N4OS2/c1-9-12(6-16-14(18-9)10-3-4-10)15(20)17-5-11-7-22-13(19-11)8-21-2/h6-7,10H,3-5,8H2,1-2H3,(H,17,20). The van der Waals surface area contributed by atoms with Crippen LogP contribution >= 0.6 is 23.1 Å². The number of aromatic nitrogens is 3. The van der Waals surface area contributed by atoms with Gasteiger partial charge < -0.3 is 5.32 Å². The Morgan fingerprint density at radius 3 is 2.95 bits per heavy atom. The van der Waals surface area contributed by atoms with Crippen molar-refractivity contribution in [1.82, 2.24) is 20.3 Å². The van der Waals surface area contributed by atoms with Gasteiger partial charge in [0.1, 0.15) is 10.8 Å². The molecule has 1 amide bonds. The molecule has 0 spiro atoms. The SMILES string of the molecule is CSCc1nc(CNC(=O)c2cnc(C3CC3)nc2C)cs1. The Bertz CT molecular complexity index is 682. The van der Waals surface area contributed by atoms with Crippen LogP contribution in [0.1, 0.15) is 51.3 Å². The Morgan fingerprint density at radius 1 is 1.45 bits per heavy atom. The third kappa shape index (κ3) is 3.64. The molecule has 2 heterocycles. The number of thiazole rings is 1. The number of carbonyl (C=O) groups excluding carboxylic acids is 1. The van der Waals surface area contributed by atoms with Crippen molar-refractivity contribution in [2.24, 2.45) is 0 Å². The fraction of sp³-hybridized carbons (Fsp3) is 0.467. The van der Waals surface area contributed by atoms with Crippen LogP contribution in [0.4, 0.5) is 0 Å². The minimum absolute atomic E-state index is 0.140. The van der Waals surface area contributed by atoms with Crippen molar-refractivity contribution in [3.05, 3.63) is 39.4 Å². The van der Waals surface area contributed by atoms with Gasteiger partial charge in [-0.3, -0.25) is 4.79 Å². The van der Waals surface area contributed by atoms with Gasteiger partial charge in [-0.2, -0.15) is 11.8 Å². The molecule has 116 valence electrons. The Balaban J connectivity index is 1.61. The molecular formula is C15H18N4OS2. The van der Waals surface area contributed by atoms with E-state index in [1.165, 1.54) is 0 Å². The van der Waals surface area contributed by atoms with Crippen molar-refractivity contribution in [3.8, 4) is 0 Å². The van der Waals surface area contributed by atoms with Crippen molar-refractivity contribution >= 4 is 29.0 Å². The normalized spacial score (nSPS) is 14.1. The first-order valence-corrected chi connectivity index (χ1v) is 9.48. The highest BCUT2D eigenvalue weighted by Crippen LogP contribution is 2.37. The Labute approximate surface area is 138 Å². The van der Waals surface area contributed by atoms with E-state index in [2.05, 4.69) is 26.5 Å². The molecule has 0 radical (unpaired) electrons. The summed E-state index contributed by atoms with van der Waals surface area (Å²) in [5, 5.41) is 5.97. The topological polar surface area (TPSA) is 67.8 Å². The van der Waals surface area contributed by atoms with Crippen molar-refractivity contribution in [2.45, 2.75) is 38.0 Å². The number of nitrogens with one attached hydrogen (secondary N) is 1. The number of hydrogen-bond donors (Lipinski definition) is 1. The highest BCUT2D eigenvalue weighted by Gasteiger charge is 2.27. The van der Waals surface area contributed by atoms with Crippen LogP contribution in [-0.4, -0.2) is 27.1 Å². The minimum Gasteiger partial charge on any atom is -0.346 e. The van der Waals surface area contributed by atoms with Crippen LogP contribution < -0.4 is 5.32 Å². The number of carbonyl (C=O) groups is 1. The first-order chi connectivity index (χ1) is 10.7. The number of rotatable bonds is 6. The van der Waals surface area contributed by atoms with Gasteiger partial charge in [-0.25, -0.2) is 15.0 Å². The maximum absolute atomic E-state index is 12.2. The maximum atomic E-state index is 12.2. The summed E-state index contributed by atoms with van der Waals surface area (Å²) in [4.78, 5) is 25.5. The number of thioether (sulfide) groups is 1. The van der Waals surface area contributed by atoms with Gasteiger partial charge in [-0.15, -0.1) is 11.3 Å². The molecule has 0 atom stereocenters. The number of hydrogen-bond acceptors (Lipinski definition) is 6. The smallest absolute Gasteiger partial charge is 0.255 e. The third-order valence-electron chi connectivity index (χ3n) is 3.48. The van der Waals surface area contributed by atoms with Crippen molar-refractivity contribution in [1.29, 1.82) is 0 Å². The van der Waals surface area contributed by atoms with Crippen LogP contribution in [0.15, 0.2) is 11.6 Å². The zero-order valence-electron chi connectivity index (χ0n) is 12.6. The largest absolute Gasteiger partial charge is 0.346 e. The molecule has 0 aromatic carbocycles. The van der Waals surface area contributed by atoms with Gasteiger partial charge >= 0.3 is 0 Å². The molecule has 0 unspecified atom stereocenters. The van der Waals surface area contributed by atoms with E-state index in [4.69, 9.17) is 0 Å². The second kappa shape index (κ2) is 6.75. The summed E-state index contributed by atoms with van der Waals surface area (Å²) in [5.41, 5.74) is 2.19. The van der Waals surface area contributed by atoms with E-state index in [0.29, 0.717) is 18.0 Å². The van der Waals surface area contributed by atoms with Crippen molar-refractivity contribution in [2.75, 3.05) is 6.26 Å². The van der Waals surface area contributed by atoms with E-state index >= 15 is 0 Å². The lowest BCUT2D eigenvalue weighted by molar-refractivity contribution is 0.0949. The van der Waals surface area contributed by atoms with Gasteiger partial charge in [-0.05, 0) is 26.0 Å². The van der Waals surface area contributed by atoms with Gasteiger partial charge in [0.2, 0.25) is 0 Å². The quantitative estimate of drug-likeness (QED) is 0.880. The van der Waals surface area contributed by atoms with E-state index in [9.17, 15) is 4.79 Å². The lowest BCUT2D eigenvalue weighted by atomic mass is 10.2. The van der Waals surface area contributed by atoms with E-state index < -0.39 is 0 Å². The Morgan fingerprint density at radius 2 is 2.27 bits per heavy atom. The van der Waals surface area contributed by atoms with Crippen LogP contribution in [0.25, 0.3) is 0 Å². The Kier molecular flexibility index (Phi) is 4.73. The molecule has 2 aromatic heterocycles. The molecule has 1 aliphatic rings.